The van der Waals surface area contributed by atoms with Crippen molar-refractivity contribution in [2.75, 3.05) is 33.0 Å². The maximum Gasteiger partial charge on any atom is 0.303 e. The number of carboxylic acids is 1. The van der Waals surface area contributed by atoms with Gasteiger partial charge in [0.2, 0.25) is 0 Å². The van der Waals surface area contributed by atoms with Crippen molar-refractivity contribution in [3.63, 3.8) is 0 Å². The van der Waals surface area contributed by atoms with E-state index in [0.29, 0.717) is 13.0 Å². The number of rotatable bonds is 43. The van der Waals surface area contributed by atoms with Crippen molar-refractivity contribution in [1.82, 2.24) is 5.23 Å². The summed E-state index contributed by atoms with van der Waals surface area (Å²) in [5.74, 6) is -0.655. The molecule has 51 heavy (non-hydrogen) atoms. The van der Waals surface area contributed by atoms with Crippen LogP contribution in [0.25, 0.3) is 0 Å². The van der Waals surface area contributed by atoms with Gasteiger partial charge in [-0.3, -0.25) is 14.5 Å². The Labute approximate surface area is 318 Å². The third-order valence-corrected chi connectivity index (χ3v) is 9.84. The van der Waals surface area contributed by atoms with Crippen molar-refractivity contribution in [1.29, 1.82) is 0 Å². The first-order valence-electron chi connectivity index (χ1n) is 22.6. The first-order valence-corrected chi connectivity index (χ1v) is 22.6. The van der Waals surface area contributed by atoms with E-state index in [0.717, 1.165) is 19.3 Å². The fourth-order valence-corrected chi connectivity index (χ4v) is 6.60. The topological polar surface area (TPSA) is 99.5 Å². The Morgan fingerprint density at radius 2 is 0.627 bits per heavy atom. The van der Waals surface area contributed by atoms with Crippen LogP contribution in [0.15, 0.2) is 0 Å². The van der Waals surface area contributed by atoms with Crippen molar-refractivity contribution in [2.45, 2.75) is 245 Å². The van der Waals surface area contributed by atoms with E-state index in [1.165, 1.54) is 211 Å². The molecule has 0 aliphatic heterocycles. The summed E-state index contributed by atoms with van der Waals surface area (Å²) in [6, 6.07) is 0. The Kier molecular flexibility index (Phi) is 50.6. The zero-order chi connectivity index (χ0) is 37.6. The lowest BCUT2D eigenvalue weighted by Gasteiger charge is -2.20. The summed E-state index contributed by atoms with van der Waals surface area (Å²) in [6.07, 6.45) is 47.7. The first-order chi connectivity index (χ1) is 25.1. The number of carboxylic acid groups (broad SMARTS) is 1. The summed E-state index contributed by atoms with van der Waals surface area (Å²) in [6.45, 7) is 5.63. The number of aliphatic hydroxyl groups is 2. The summed E-state index contributed by atoms with van der Waals surface area (Å²) < 4.78 is 0. The molecule has 7 nitrogen and oxygen atoms in total. The molecule has 0 unspecified atom stereocenters. The Balaban J connectivity index is 0. The number of unbranched alkanes of at least 4 members (excludes halogenated alkanes) is 33. The Morgan fingerprint density at radius 3 is 0.863 bits per heavy atom. The molecule has 0 aromatic carbocycles. The molecule has 0 bridgehead atoms. The molecule has 0 fully saturated rings. The zero-order valence-corrected chi connectivity index (χ0v) is 34.5. The average Bonchev–Trinajstić information content (AvgIpc) is 3.13. The molecule has 3 N–H and O–H groups in total. The van der Waals surface area contributed by atoms with E-state index in [4.69, 9.17) is 25.0 Å². The van der Waals surface area contributed by atoms with Gasteiger partial charge in [-0.1, -0.05) is 231 Å². The predicted octanol–water partition coefficient (Wildman–Crippen LogP) is 13.3. The minimum Gasteiger partial charge on any atom is -0.481 e. The van der Waals surface area contributed by atoms with Gasteiger partial charge in [0.1, 0.15) is 0 Å². The minimum absolute atomic E-state index is 0.0294. The summed E-state index contributed by atoms with van der Waals surface area (Å²) in [5, 5.41) is 27.6. The zero-order valence-electron chi connectivity index (χ0n) is 34.5. The molecule has 0 saturated heterocycles. The van der Waals surface area contributed by atoms with Crippen LogP contribution < -0.4 is 0 Å². The van der Waals surface area contributed by atoms with Crippen LogP contribution in [-0.4, -0.2) is 59.5 Å². The van der Waals surface area contributed by atoms with Crippen LogP contribution >= 0.6 is 0 Å². The van der Waals surface area contributed by atoms with Gasteiger partial charge in [-0.25, -0.2) is 0 Å². The fraction of sp³-hybridized carbons (Fsp3) is 0.977. The van der Waals surface area contributed by atoms with Gasteiger partial charge in [-0.2, -0.15) is 0 Å². The quantitative estimate of drug-likeness (QED) is 0.0424. The standard InChI is InChI=1S/C28H59NO4.C16H32O2/c1-2-3-4-5-6-7-8-9-10-11-12-13-14-15-16-17-18-19-20-21-22-23-24-29(32-27-25-30)33-28-26-31;1-2-3-4-5-6-7-8-9-10-11-12-13-14-15-16(17)18/h30-31H,2-28H2,1H3;2-15H2,1H3,(H,17,18). The van der Waals surface area contributed by atoms with Crippen LogP contribution in [-0.2, 0) is 14.5 Å². The average molecular weight is 730 g/mol. The number of nitrogens with zero attached hydrogens (tertiary/aromatic N) is 1. The second-order valence-electron chi connectivity index (χ2n) is 15.0. The molecule has 0 atom stereocenters. The maximum atomic E-state index is 10.3. The van der Waals surface area contributed by atoms with Crippen molar-refractivity contribution in [3.8, 4) is 0 Å². The summed E-state index contributed by atoms with van der Waals surface area (Å²) in [5.41, 5.74) is 0. The molecular formula is C44H91NO6. The van der Waals surface area contributed by atoms with E-state index in [-0.39, 0.29) is 26.4 Å². The molecule has 0 rings (SSSR count). The number of hydrogen-bond acceptors (Lipinski definition) is 6. The lowest BCUT2D eigenvalue weighted by molar-refractivity contribution is -0.371. The molecule has 0 radical (unpaired) electrons. The lowest BCUT2D eigenvalue weighted by atomic mass is 10.0. The molecule has 0 aromatic heterocycles. The normalized spacial score (nSPS) is 11.3. The Bertz CT molecular complexity index is 614. The number of hydroxylamine groups is 2. The highest BCUT2D eigenvalue weighted by Crippen LogP contribution is 2.16. The molecule has 0 aromatic rings. The minimum atomic E-state index is -0.655. The molecule has 0 heterocycles. The largest absolute Gasteiger partial charge is 0.481 e. The van der Waals surface area contributed by atoms with Gasteiger partial charge in [0.05, 0.1) is 33.0 Å². The van der Waals surface area contributed by atoms with E-state index in [1.54, 1.807) is 0 Å². The molecule has 0 aliphatic carbocycles. The van der Waals surface area contributed by atoms with Gasteiger partial charge in [-0.05, 0) is 12.8 Å². The summed E-state index contributed by atoms with van der Waals surface area (Å²) in [7, 11) is 0. The Morgan fingerprint density at radius 1 is 0.392 bits per heavy atom. The van der Waals surface area contributed by atoms with E-state index in [2.05, 4.69) is 13.8 Å². The molecule has 0 spiro atoms. The van der Waals surface area contributed by atoms with E-state index in [1.807, 2.05) is 0 Å². The van der Waals surface area contributed by atoms with Crippen LogP contribution in [0.1, 0.15) is 245 Å². The second kappa shape index (κ2) is 49.3. The van der Waals surface area contributed by atoms with Gasteiger partial charge < -0.3 is 15.3 Å². The maximum absolute atomic E-state index is 10.3. The third kappa shape index (κ3) is 51.4. The number of aliphatic hydroxyl groups excluding tert-OH is 2. The Hall–Kier alpha value is -0.730. The SMILES string of the molecule is CCCCCCCCCCCCCCCC(=O)O.CCCCCCCCCCCCCCCCCCCCCCCCN(OCCO)OCCO. The van der Waals surface area contributed by atoms with Gasteiger partial charge in [0.15, 0.2) is 0 Å². The van der Waals surface area contributed by atoms with Gasteiger partial charge in [0, 0.05) is 6.42 Å². The number of carbonyl (C=O) groups is 1. The van der Waals surface area contributed by atoms with Crippen LogP contribution in [0.4, 0.5) is 0 Å². The molecular weight excluding hydrogens is 638 g/mol. The van der Waals surface area contributed by atoms with Crippen molar-refractivity contribution in [2.24, 2.45) is 0 Å². The van der Waals surface area contributed by atoms with E-state index < -0.39 is 5.97 Å². The van der Waals surface area contributed by atoms with Crippen LogP contribution in [0.5, 0.6) is 0 Å². The summed E-state index contributed by atoms with van der Waals surface area (Å²) in [4.78, 5) is 20.9. The molecule has 0 saturated carbocycles. The third-order valence-electron chi connectivity index (χ3n) is 9.84. The van der Waals surface area contributed by atoms with Crippen molar-refractivity contribution < 1.29 is 29.8 Å². The van der Waals surface area contributed by atoms with Gasteiger partial charge in [0.25, 0.3) is 0 Å². The van der Waals surface area contributed by atoms with Crippen molar-refractivity contribution >= 4 is 5.97 Å². The molecule has 0 aliphatic rings. The van der Waals surface area contributed by atoms with Crippen LogP contribution in [0.3, 0.4) is 0 Å². The van der Waals surface area contributed by atoms with Crippen LogP contribution in [0.2, 0.25) is 0 Å². The summed E-state index contributed by atoms with van der Waals surface area (Å²) >= 11 is 0. The predicted molar refractivity (Wildman–Crippen MR) is 218 cm³/mol. The highest BCUT2D eigenvalue weighted by molar-refractivity contribution is 5.66. The first kappa shape index (κ1) is 52.4. The molecule has 7 heteroatoms. The van der Waals surface area contributed by atoms with E-state index in [9.17, 15) is 4.79 Å². The van der Waals surface area contributed by atoms with Gasteiger partial charge >= 0.3 is 5.97 Å². The van der Waals surface area contributed by atoms with Crippen LogP contribution in [0, 0.1) is 0 Å². The highest BCUT2D eigenvalue weighted by Gasteiger charge is 2.05. The fourth-order valence-electron chi connectivity index (χ4n) is 6.60. The lowest BCUT2D eigenvalue weighted by Crippen LogP contribution is -2.28. The monoisotopic (exact) mass is 730 g/mol. The smallest absolute Gasteiger partial charge is 0.303 e. The van der Waals surface area contributed by atoms with Crippen molar-refractivity contribution in [3.05, 3.63) is 0 Å². The second-order valence-corrected chi connectivity index (χ2v) is 15.0. The molecule has 0 amide bonds. The highest BCUT2D eigenvalue weighted by atomic mass is 16.9. The van der Waals surface area contributed by atoms with Gasteiger partial charge in [-0.15, -0.1) is 0 Å². The van der Waals surface area contributed by atoms with E-state index >= 15 is 0 Å². The number of hydrogen-bond donors (Lipinski definition) is 3. The molecule has 308 valence electrons. The number of aliphatic carboxylic acids is 1.